The number of thiophene rings is 1. The first-order valence-corrected chi connectivity index (χ1v) is 6.03. The molecule has 0 radical (unpaired) electrons. The van der Waals surface area contributed by atoms with Crippen LogP contribution in [-0.2, 0) is 0 Å². The number of carbonyl (C=O) groups is 1. The van der Waals surface area contributed by atoms with Gasteiger partial charge in [-0.05, 0) is 43.3 Å². The number of carbonyl (C=O) groups excluding carboxylic acids is 1. The van der Waals surface area contributed by atoms with Crippen molar-refractivity contribution in [3.05, 3.63) is 46.2 Å². The van der Waals surface area contributed by atoms with Gasteiger partial charge in [-0.2, -0.15) is 0 Å². The third kappa shape index (κ3) is 2.47. The van der Waals surface area contributed by atoms with Crippen LogP contribution in [0.4, 0.5) is 5.69 Å². The van der Waals surface area contributed by atoms with Crippen LogP contribution in [-0.4, -0.2) is 18.1 Å². The van der Waals surface area contributed by atoms with Crippen LogP contribution in [0.3, 0.4) is 0 Å². The van der Waals surface area contributed by atoms with Crippen LogP contribution < -0.4 is 4.90 Å². The van der Waals surface area contributed by atoms with Crippen LogP contribution in [0.15, 0.2) is 36.4 Å². The second-order valence-corrected chi connectivity index (χ2v) is 5.08. The number of benzene rings is 1. The Bertz CT molecular complexity index is 531. The van der Waals surface area contributed by atoms with Gasteiger partial charge in [0.25, 0.3) is 5.91 Å². The largest absolute Gasteiger partial charge is 0.508 e. The summed E-state index contributed by atoms with van der Waals surface area (Å²) < 4.78 is 0. The van der Waals surface area contributed by atoms with E-state index in [1.54, 1.807) is 36.2 Å². The van der Waals surface area contributed by atoms with Gasteiger partial charge in [-0.1, -0.05) is 0 Å². The molecule has 0 fully saturated rings. The molecule has 0 bridgehead atoms. The summed E-state index contributed by atoms with van der Waals surface area (Å²) in [7, 11) is 1.73. The maximum atomic E-state index is 12.1. The maximum Gasteiger partial charge on any atom is 0.268 e. The van der Waals surface area contributed by atoms with E-state index >= 15 is 0 Å². The third-order valence-corrected chi connectivity index (χ3v) is 3.48. The summed E-state index contributed by atoms with van der Waals surface area (Å²) in [4.78, 5) is 15.5. The number of anilines is 1. The molecule has 1 amide bonds. The first-order valence-electron chi connectivity index (χ1n) is 5.21. The molecule has 0 unspecified atom stereocenters. The Kier molecular flexibility index (Phi) is 3.15. The van der Waals surface area contributed by atoms with E-state index in [-0.39, 0.29) is 11.7 Å². The van der Waals surface area contributed by atoms with Crippen LogP contribution in [0.2, 0.25) is 0 Å². The number of phenolic OH excluding ortho intramolecular Hbond substituents is 1. The first kappa shape index (κ1) is 11.7. The molecule has 2 aromatic rings. The van der Waals surface area contributed by atoms with Crippen molar-refractivity contribution in [1.82, 2.24) is 0 Å². The highest BCUT2D eigenvalue weighted by Gasteiger charge is 2.14. The van der Waals surface area contributed by atoms with Gasteiger partial charge in [0.05, 0.1) is 4.88 Å². The molecule has 0 spiro atoms. The minimum absolute atomic E-state index is 0.0335. The van der Waals surface area contributed by atoms with Gasteiger partial charge < -0.3 is 10.0 Å². The van der Waals surface area contributed by atoms with E-state index in [9.17, 15) is 9.90 Å². The molecular formula is C13H13NO2S. The minimum atomic E-state index is -0.0335. The van der Waals surface area contributed by atoms with E-state index in [0.717, 1.165) is 15.4 Å². The van der Waals surface area contributed by atoms with E-state index in [0.29, 0.717) is 0 Å². The van der Waals surface area contributed by atoms with Gasteiger partial charge in [0.1, 0.15) is 5.75 Å². The van der Waals surface area contributed by atoms with Crippen LogP contribution in [0.25, 0.3) is 0 Å². The van der Waals surface area contributed by atoms with Crippen molar-refractivity contribution < 1.29 is 9.90 Å². The molecule has 0 aliphatic carbocycles. The molecule has 4 heteroatoms. The Morgan fingerprint density at radius 1 is 1.18 bits per heavy atom. The van der Waals surface area contributed by atoms with Crippen LogP contribution in [0.5, 0.6) is 5.75 Å². The molecule has 3 nitrogen and oxygen atoms in total. The zero-order valence-electron chi connectivity index (χ0n) is 9.68. The SMILES string of the molecule is Cc1ccc(C(=O)N(C)c2ccc(O)cc2)s1. The summed E-state index contributed by atoms with van der Waals surface area (Å²) in [5, 5.41) is 9.20. The first-order chi connectivity index (χ1) is 8.08. The lowest BCUT2D eigenvalue weighted by molar-refractivity contribution is 0.0997. The van der Waals surface area contributed by atoms with Crippen LogP contribution in [0.1, 0.15) is 14.5 Å². The molecule has 1 aromatic heterocycles. The molecule has 1 aromatic carbocycles. The van der Waals surface area contributed by atoms with Crippen molar-refractivity contribution in [2.75, 3.05) is 11.9 Å². The highest BCUT2D eigenvalue weighted by molar-refractivity contribution is 7.14. The molecule has 17 heavy (non-hydrogen) atoms. The van der Waals surface area contributed by atoms with Crippen LogP contribution in [0, 0.1) is 6.92 Å². The number of rotatable bonds is 2. The Balaban J connectivity index is 2.23. The van der Waals surface area contributed by atoms with Gasteiger partial charge in [-0.3, -0.25) is 4.79 Å². The lowest BCUT2D eigenvalue weighted by Gasteiger charge is -2.16. The normalized spacial score (nSPS) is 10.2. The summed E-state index contributed by atoms with van der Waals surface area (Å²) in [5.41, 5.74) is 0.763. The minimum Gasteiger partial charge on any atom is -0.508 e. The maximum absolute atomic E-state index is 12.1. The highest BCUT2D eigenvalue weighted by Crippen LogP contribution is 2.22. The third-order valence-electron chi connectivity index (χ3n) is 2.49. The number of nitrogens with zero attached hydrogens (tertiary/aromatic N) is 1. The fraction of sp³-hybridized carbons (Fsp3) is 0.154. The number of hydrogen-bond acceptors (Lipinski definition) is 3. The van der Waals surface area contributed by atoms with Gasteiger partial charge in [0, 0.05) is 17.6 Å². The zero-order chi connectivity index (χ0) is 12.4. The highest BCUT2D eigenvalue weighted by atomic mass is 32.1. The Hall–Kier alpha value is -1.81. The number of hydrogen-bond donors (Lipinski definition) is 1. The van der Waals surface area contributed by atoms with Crippen molar-refractivity contribution >= 4 is 22.9 Å². The van der Waals surface area contributed by atoms with Crippen molar-refractivity contribution in [2.45, 2.75) is 6.92 Å². The smallest absolute Gasteiger partial charge is 0.268 e. The Morgan fingerprint density at radius 2 is 1.82 bits per heavy atom. The number of amides is 1. The van der Waals surface area contributed by atoms with Crippen molar-refractivity contribution in [3.8, 4) is 5.75 Å². The van der Waals surface area contributed by atoms with Crippen LogP contribution >= 0.6 is 11.3 Å². The van der Waals surface area contributed by atoms with Gasteiger partial charge in [-0.15, -0.1) is 11.3 Å². The summed E-state index contributed by atoms with van der Waals surface area (Å²) in [6.07, 6.45) is 0. The number of aryl methyl sites for hydroxylation is 1. The number of phenols is 1. The summed E-state index contributed by atoms with van der Waals surface area (Å²) in [6.45, 7) is 1.97. The topological polar surface area (TPSA) is 40.5 Å². The predicted octanol–water partition coefficient (Wildman–Crippen LogP) is 3.04. The van der Waals surface area contributed by atoms with E-state index in [1.807, 2.05) is 19.1 Å². The van der Waals surface area contributed by atoms with E-state index in [2.05, 4.69) is 0 Å². The van der Waals surface area contributed by atoms with E-state index in [4.69, 9.17) is 0 Å². The molecule has 0 saturated carbocycles. The molecule has 0 aliphatic rings. The molecule has 88 valence electrons. The monoisotopic (exact) mass is 247 g/mol. The van der Waals surface area contributed by atoms with Crippen molar-refractivity contribution in [2.24, 2.45) is 0 Å². The van der Waals surface area contributed by atoms with Gasteiger partial charge >= 0.3 is 0 Å². The molecule has 0 aliphatic heterocycles. The number of aromatic hydroxyl groups is 1. The van der Waals surface area contributed by atoms with Gasteiger partial charge in [0.15, 0.2) is 0 Å². The predicted molar refractivity (Wildman–Crippen MR) is 69.9 cm³/mol. The standard InChI is InChI=1S/C13H13NO2S/c1-9-3-8-12(17-9)13(16)14(2)10-4-6-11(15)7-5-10/h3-8,15H,1-2H3. The second-order valence-electron chi connectivity index (χ2n) is 3.79. The average molecular weight is 247 g/mol. The lowest BCUT2D eigenvalue weighted by atomic mass is 10.2. The Labute approximate surface area is 104 Å². The summed E-state index contributed by atoms with van der Waals surface area (Å²) in [6, 6.07) is 10.3. The zero-order valence-corrected chi connectivity index (χ0v) is 10.5. The molecule has 0 atom stereocenters. The second kappa shape index (κ2) is 4.59. The Morgan fingerprint density at radius 3 is 2.35 bits per heavy atom. The van der Waals surface area contributed by atoms with Gasteiger partial charge in [-0.25, -0.2) is 0 Å². The molecule has 0 saturated heterocycles. The summed E-state index contributed by atoms with van der Waals surface area (Å²) in [5.74, 6) is 0.162. The van der Waals surface area contributed by atoms with Crippen molar-refractivity contribution in [3.63, 3.8) is 0 Å². The molecule has 1 heterocycles. The van der Waals surface area contributed by atoms with Crippen molar-refractivity contribution in [1.29, 1.82) is 0 Å². The van der Waals surface area contributed by atoms with E-state index < -0.39 is 0 Å². The van der Waals surface area contributed by atoms with E-state index in [1.165, 1.54) is 11.3 Å². The quantitative estimate of drug-likeness (QED) is 0.886. The fourth-order valence-corrected chi connectivity index (χ4v) is 2.35. The molecule has 2 rings (SSSR count). The average Bonchev–Trinajstić information content (AvgIpc) is 2.75. The summed E-state index contributed by atoms with van der Waals surface area (Å²) >= 11 is 1.48. The molecular weight excluding hydrogens is 234 g/mol. The molecule has 1 N–H and O–H groups in total. The van der Waals surface area contributed by atoms with Gasteiger partial charge in [0.2, 0.25) is 0 Å². The lowest BCUT2D eigenvalue weighted by Crippen LogP contribution is -2.25. The fourth-order valence-electron chi connectivity index (χ4n) is 1.51.